The van der Waals surface area contributed by atoms with E-state index in [0.717, 1.165) is 25.9 Å². The van der Waals surface area contributed by atoms with E-state index >= 15 is 0 Å². The van der Waals surface area contributed by atoms with Gasteiger partial charge in [-0.2, -0.15) is 0 Å². The van der Waals surface area contributed by atoms with Crippen molar-refractivity contribution in [1.82, 2.24) is 10.2 Å². The molecule has 1 fully saturated rings. The summed E-state index contributed by atoms with van der Waals surface area (Å²) in [6, 6.07) is 0.305. The Morgan fingerprint density at radius 2 is 1.82 bits per heavy atom. The summed E-state index contributed by atoms with van der Waals surface area (Å²) >= 11 is 0. The van der Waals surface area contributed by atoms with E-state index in [4.69, 9.17) is 0 Å². The largest absolute Gasteiger partial charge is 0.392 e. The predicted octanol–water partition coefficient (Wildman–Crippen LogP) is 1.86. The van der Waals surface area contributed by atoms with E-state index in [0.29, 0.717) is 6.04 Å². The van der Waals surface area contributed by atoms with Crippen LogP contribution in [0.15, 0.2) is 0 Å². The molecule has 1 saturated carbocycles. The molecule has 0 aromatic rings. The summed E-state index contributed by atoms with van der Waals surface area (Å²) in [6.45, 7) is 6.61. The zero-order valence-corrected chi connectivity index (χ0v) is 12.0. The molecule has 0 radical (unpaired) electrons. The Kier molecular flexibility index (Phi) is 5.90. The van der Waals surface area contributed by atoms with Crippen LogP contribution in [0.3, 0.4) is 0 Å². The number of aliphatic hydroxyl groups excluding tert-OH is 1. The number of rotatable bonds is 5. The number of nitrogens with zero attached hydrogens (tertiary/aromatic N) is 1. The molecule has 0 amide bonds. The first-order chi connectivity index (χ1) is 7.91. The van der Waals surface area contributed by atoms with Gasteiger partial charge in [0.25, 0.3) is 0 Å². The molecule has 1 aliphatic carbocycles. The fraction of sp³-hybridized carbons (Fsp3) is 1.00. The maximum atomic E-state index is 10.1. The zero-order valence-electron chi connectivity index (χ0n) is 12.0. The number of hydrogen-bond donors (Lipinski definition) is 2. The molecular formula is C14H30N2O. The van der Waals surface area contributed by atoms with Crippen molar-refractivity contribution in [2.24, 2.45) is 5.41 Å². The lowest BCUT2D eigenvalue weighted by atomic mass is 9.92. The predicted molar refractivity (Wildman–Crippen MR) is 73.2 cm³/mol. The lowest BCUT2D eigenvalue weighted by Crippen LogP contribution is -2.46. The third kappa shape index (κ3) is 5.84. The van der Waals surface area contributed by atoms with Crippen molar-refractivity contribution in [2.45, 2.75) is 58.1 Å². The quantitative estimate of drug-likeness (QED) is 0.722. The van der Waals surface area contributed by atoms with Gasteiger partial charge in [-0.05, 0) is 32.4 Å². The topological polar surface area (TPSA) is 35.5 Å². The van der Waals surface area contributed by atoms with Gasteiger partial charge in [-0.15, -0.1) is 0 Å². The molecule has 0 saturated heterocycles. The Hall–Kier alpha value is -0.120. The molecule has 2 unspecified atom stereocenters. The normalized spacial score (nSPS) is 27.2. The Balaban J connectivity index is 2.37. The molecule has 17 heavy (non-hydrogen) atoms. The summed E-state index contributed by atoms with van der Waals surface area (Å²) in [5.74, 6) is 0. The summed E-state index contributed by atoms with van der Waals surface area (Å²) in [5.41, 5.74) is 0.259. The maximum absolute atomic E-state index is 10.1. The molecule has 102 valence electrons. The van der Waals surface area contributed by atoms with Crippen molar-refractivity contribution in [3.05, 3.63) is 0 Å². The summed E-state index contributed by atoms with van der Waals surface area (Å²) < 4.78 is 0. The van der Waals surface area contributed by atoms with Crippen LogP contribution in [0.5, 0.6) is 0 Å². The molecule has 0 heterocycles. The van der Waals surface area contributed by atoms with Gasteiger partial charge in [0.15, 0.2) is 0 Å². The van der Waals surface area contributed by atoms with Crippen molar-refractivity contribution < 1.29 is 5.11 Å². The van der Waals surface area contributed by atoms with E-state index in [1.54, 1.807) is 0 Å². The van der Waals surface area contributed by atoms with E-state index < -0.39 is 0 Å². The summed E-state index contributed by atoms with van der Waals surface area (Å²) in [4.78, 5) is 2.23. The molecule has 3 heteroatoms. The van der Waals surface area contributed by atoms with Gasteiger partial charge in [0.2, 0.25) is 0 Å². The molecule has 2 atom stereocenters. The lowest BCUT2D eigenvalue weighted by molar-refractivity contribution is 0.110. The first-order valence-electron chi connectivity index (χ1n) is 6.97. The molecule has 2 N–H and O–H groups in total. The average Bonchev–Trinajstić information content (AvgIpc) is 2.38. The van der Waals surface area contributed by atoms with Gasteiger partial charge in [0.05, 0.1) is 6.10 Å². The Morgan fingerprint density at radius 1 is 1.18 bits per heavy atom. The smallest absolute Gasteiger partial charge is 0.0693 e. The van der Waals surface area contributed by atoms with E-state index in [1.165, 1.54) is 19.3 Å². The highest BCUT2D eigenvalue weighted by Gasteiger charge is 2.25. The van der Waals surface area contributed by atoms with Crippen LogP contribution in [0.4, 0.5) is 0 Å². The third-order valence-corrected chi connectivity index (χ3v) is 3.57. The molecule has 3 nitrogen and oxygen atoms in total. The number of aliphatic hydroxyl groups is 1. The van der Waals surface area contributed by atoms with Gasteiger partial charge < -0.3 is 15.3 Å². The van der Waals surface area contributed by atoms with E-state index in [-0.39, 0.29) is 11.5 Å². The Bertz CT molecular complexity index is 216. The first-order valence-corrected chi connectivity index (χ1v) is 6.97. The lowest BCUT2D eigenvalue weighted by Gasteiger charge is -2.32. The zero-order chi connectivity index (χ0) is 12.9. The van der Waals surface area contributed by atoms with E-state index in [2.05, 4.69) is 38.2 Å². The highest BCUT2D eigenvalue weighted by atomic mass is 16.3. The van der Waals surface area contributed by atoms with Crippen LogP contribution in [0.25, 0.3) is 0 Å². The van der Waals surface area contributed by atoms with Crippen LogP contribution in [-0.4, -0.2) is 49.3 Å². The average molecular weight is 242 g/mol. The second-order valence-electron chi connectivity index (χ2n) is 6.59. The molecule has 0 aliphatic heterocycles. The Labute approximate surface area is 107 Å². The molecule has 1 aliphatic rings. The number of hydrogen-bond acceptors (Lipinski definition) is 3. The first kappa shape index (κ1) is 14.9. The van der Waals surface area contributed by atoms with Crippen molar-refractivity contribution >= 4 is 0 Å². The molecule has 0 bridgehead atoms. The van der Waals surface area contributed by atoms with Crippen molar-refractivity contribution in [1.29, 1.82) is 0 Å². The maximum Gasteiger partial charge on any atom is 0.0693 e. The summed E-state index contributed by atoms with van der Waals surface area (Å²) in [7, 11) is 4.23. The highest BCUT2D eigenvalue weighted by molar-refractivity contribution is 4.82. The van der Waals surface area contributed by atoms with Crippen molar-refractivity contribution in [3.63, 3.8) is 0 Å². The Morgan fingerprint density at radius 3 is 2.47 bits per heavy atom. The monoisotopic (exact) mass is 242 g/mol. The minimum Gasteiger partial charge on any atom is -0.392 e. The van der Waals surface area contributed by atoms with Gasteiger partial charge in [0.1, 0.15) is 0 Å². The van der Waals surface area contributed by atoms with Gasteiger partial charge in [-0.1, -0.05) is 33.1 Å². The van der Waals surface area contributed by atoms with Crippen LogP contribution in [0, 0.1) is 5.41 Å². The summed E-state index contributed by atoms with van der Waals surface area (Å²) in [5, 5.41) is 13.6. The minimum absolute atomic E-state index is 0.146. The fourth-order valence-corrected chi connectivity index (χ4v) is 2.85. The molecule has 0 aromatic heterocycles. The van der Waals surface area contributed by atoms with Crippen LogP contribution in [0.1, 0.15) is 46.0 Å². The van der Waals surface area contributed by atoms with E-state index in [9.17, 15) is 5.11 Å². The van der Waals surface area contributed by atoms with Gasteiger partial charge in [-0.3, -0.25) is 0 Å². The number of nitrogens with one attached hydrogen (secondary N) is 1. The van der Waals surface area contributed by atoms with E-state index in [1.807, 2.05) is 0 Å². The van der Waals surface area contributed by atoms with Crippen molar-refractivity contribution in [2.75, 3.05) is 27.2 Å². The SMILES string of the molecule is CN(C)CC(C)(C)CNC1CCCCCC1O. The second-order valence-corrected chi connectivity index (χ2v) is 6.59. The standard InChI is InChI=1S/C14H30N2O/c1-14(2,11-16(3)4)10-15-12-8-6-5-7-9-13(12)17/h12-13,15,17H,5-11H2,1-4H3. The third-order valence-electron chi connectivity index (χ3n) is 3.57. The van der Waals surface area contributed by atoms with Gasteiger partial charge in [0, 0.05) is 19.1 Å². The van der Waals surface area contributed by atoms with Gasteiger partial charge in [-0.25, -0.2) is 0 Å². The minimum atomic E-state index is -0.146. The van der Waals surface area contributed by atoms with Gasteiger partial charge >= 0.3 is 0 Å². The second kappa shape index (κ2) is 6.72. The molecule has 1 rings (SSSR count). The molecule has 0 spiro atoms. The molecular weight excluding hydrogens is 212 g/mol. The molecule has 0 aromatic carbocycles. The summed E-state index contributed by atoms with van der Waals surface area (Å²) in [6.07, 6.45) is 5.65. The van der Waals surface area contributed by atoms with Crippen LogP contribution in [0.2, 0.25) is 0 Å². The highest BCUT2D eigenvalue weighted by Crippen LogP contribution is 2.20. The van der Waals surface area contributed by atoms with Crippen LogP contribution >= 0.6 is 0 Å². The van der Waals surface area contributed by atoms with Crippen LogP contribution < -0.4 is 5.32 Å². The van der Waals surface area contributed by atoms with Crippen LogP contribution in [-0.2, 0) is 0 Å². The van der Waals surface area contributed by atoms with Crippen molar-refractivity contribution in [3.8, 4) is 0 Å². The fourth-order valence-electron chi connectivity index (χ4n) is 2.85.